The lowest BCUT2D eigenvalue weighted by molar-refractivity contribution is -0.0470. The summed E-state index contributed by atoms with van der Waals surface area (Å²) in [6.07, 6.45) is 0.995. The van der Waals surface area contributed by atoms with Gasteiger partial charge in [0.1, 0.15) is 0 Å². The number of hydrogen-bond acceptors (Lipinski definition) is 2. The molecular formula is C12H27NO. The molecule has 0 saturated carbocycles. The first-order valence-corrected chi connectivity index (χ1v) is 5.75. The second kappa shape index (κ2) is 5.13. The van der Waals surface area contributed by atoms with Crippen molar-refractivity contribution in [2.75, 3.05) is 19.7 Å². The van der Waals surface area contributed by atoms with E-state index in [1.165, 1.54) is 0 Å². The van der Waals surface area contributed by atoms with Gasteiger partial charge in [0.15, 0.2) is 0 Å². The Bertz CT molecular complexity index is 152. The van der Waals surface area contributed by atoms with Crippen molar-refractivity contribution in [3.63, 3.8) is 0 Å². The van der Waals surface area contributed by atoms with Gasteiger partial charge in [0.2, 0.25) is 0 Å². The van der Waals surface area contributed by atoms with Crippen LogP contribution in [0.1, 0.15) is 48.0 Å². The van der Waals surface area contributed by atoms with Gasteiger partial charge in [-0.25, -0.2) is 0 Å². The van der Waals surface area contributed by atoms with Gasteiger partial charge < -0.3 is 5.11 Å². The normalized spacial score (nSPS) is 17.1. The molecule has 1 unspecified atom stereocenters. The fourth-order valence-electron chi connectivity index (χ4n) is 2.51. The predicted molar refractivity (Wildman–Crippen MR) is 62.5 cm³/mol. The van der Waals surface area contributed by atoms with Crippen LogP contribution in [0, 0.1) is 5.41 Å². The SMILES string of the molecule is CCN(CC)C(CC)(CO)C(C)(C)C. The fourth-order valence-corrected chi connectivity index (χ4v) is 2.51. The monoisotopic (exact) mass is 201 g/mol. The molecule has 0 spiro atoms. The van der Waals surface area contributed by atoms with Gasteiger partial charge in [0.25, 0.3) is 0 Å². The van der Waals surface area contributed by atoms with E-state index in [4.69, 9.17) is 0 Å². The van der Waals surface area contributed by atoms with Crippen LogP contribution in [0.15, 0.2) is 0 Å². The van der Waals surface area contributed by atoms with E-state index in [0.717, 1.165) is 19.5 Å². The maximum absolute atomic E-state index is 9.70. The highest BCUT2D eigenvalue weighted by Crippen LogP contribution is 2.37. The zero-order valence-corrected chi connectivity index (χ0v) is 10.7. The van der Waals surface area contributed by atoms with Crippen molar-refractivity contribution in [1.82, 2.24) is 4.90 Å². The number of rotatable bonds is 5. The van der Waals surface area contributed by atoms with Crippen LogP contribution in [0.5, 0.6) is 0 Å². The fraction of sp³-hybridized carbons (Fsp3) is 1.00. The summed E-state index contributed by atoms with van der Waals surface area (Å²) in [5, 5.41) is 9.70. The lowest BCUT2D eigenvalue weighted by Crippen LogP contribution is -2.59. The molecule has 0 aliphatic rings. The summed E-state index contributed by atoms with van der Waals surface area (Å²) >= 11 is 0. The molecule has 0 amide bonds. The van der Waals surface area contributed by atoms with Crippen LogP contribution in [-0.2, 0) is 0 Å². The Kier molecular flexibility index (Phi) is 5.10. The van der Waals surface area contributed by atoms with Crippen molar-refractivity contribution in [2.45, 2.75) is 53.5 Å². The Morgan fingerprint density at radius 1 is 1.00 bits per heavy atom. The van der Waals surface area contributed by atoms with Crippen molar-refractivity contribution in [2.24, 2.45) is 5.41 Å². The Balaban J connectivity index is 5.05. The lowest BCUT2D eigenvalue weighted by Gasteiger charge is -2.50. The van der Waals surface area contributed by atoms with Crippen molar-refractivity contribution < 1.29 is 5.11 Å². The second-order valence-electron chi connectivity index (χ2n) is 4.97. The summed E-state index contributed by atoms with van der Waals surface area (Å²) in [7, 11) is 0. The zero-order chi connectivity index (χ0) is 11.4. The minimum atomic E-state index is -0.0729. The smallest absolute Gasteiger partial charge is 0.0620 e. The van der Waals surface area contributed by atoms with E-state index >= 15 is 0 Å². The molecule has 0 aromatic carbocycles. The number of nitrogens with zero attached hydrogens (tertiary/aromatic N) is 1. The van der Waals surface area contributed by atoms with E-state index in [2.05, 4.69) is 46.4 Å². The third-order valence-corrected chi connectivity index (χ3v) is 3.61. The molecule has 86 valence electrons. The van der Waals surface area contributed by atoms with Crippen LogP contribution in [0.2, 0.25) is 0 Å². The molecule has 0 aromatic rings. The maximum Gasteiger partial charge on any atom is 0.0620 e. The predicted octanol–water partition coefficient (Wildman–Crippen LogP) is 2.52. The summed E-state index contributed by atoms with van der Waals surface area (Å²) in [5.74, 6) is 0. The topological polar surface area (TPSA) is 23.5 Å². The maximum atomic E-state index is 9.70. The third kappa shape index (κ3) is 2.29. The molecular weight excluding hydrogens is 174 g/mol. The average Bonchev–Trinajstić information content (AvgIpc) is 2.12. The highest BCUT2D eigenvalue weighted by Gasteiger charge is 2.43. The molecule has 0 heterocycles. The molecule has 2 heteroatoms. The largest absolute Gasteiger partial charge is 0.394 e. The summed E-state index contributed by atoms with van der Waals surface area (Å²) in [6, 6.07) is 0. The first-order chi connectivity index (χ1) is 6.39. The lowest BCUT2D eigenvalue weighted by atomic mass is 9.71. The van der Waals surface area contributed by atoms with Crippen molar-refractivity contribution in [3.05, 3.63) is 0 Å². The van der Waals surface area contributed by atoms with E-state index in [1.807, 2.05) is 0 Å². The highest BCUT2D eigenvalue weighted by molar-refractivity contribution is 4.98. The molecule has 1 atom stereocenters. The number of aliphatic hydroxyl groups excluding tert-OH is 1. The molecule has 2 nitrogen and oxygen atoms in total. The van der Waals surface area contributed by atoms with E-state index in [9.17, 15) is 5.11 Å². The van der Waals surface area contributed by atoms with E-state index in [1.54, 1.807) is 0 Å². The van der Waals surface area contributed by atoms with E-state index < -0.39 is 0 Å². The molecule has 1 N–H and O–H groups in total. The molecule has 0 aliphatic carbocycles. The number of likely N-dealkylation sites (N-methyl/N-ethyl adjacent to an activating group) is 1. The Morgan fingerprint density at radius 2 is 1.43 bits per heavy atom. The standard InChI is InChI=1S/C12H27NO/c1-7-12(10-14,11(4,5)6)13(8-2)9-3/h14H,7-10H2,1-6H3. The molecule has 0 fully saturated rings. The molecule has 0 aliphatic heterocycles. The van der Waals surface area contributed by atoms with Crippen LogP contribution in [0.25, 0.3) is 0 Å². The number of hydrogen-bond donors (Lipinski definition) is 1. The molecule has 0 aromatic heterocycles. The van der Waals surface area contributed by atoms with Crippen LogP contribution < -0.4 is 0 Å². The first-order valence-electron chi connectivity index (χ1n) is 5.75. The van der Waals surface area contributed by atoms with Gasteiger partial charge in [-0.05, 0) is 24.9 Å². The molecule has 0 saturated heterocycles. The quantitative estimate of drug-likeness (QED) is 0.739. The van der Waals surface area contributed by atoms with Crippen molar-refractivity contribution in [3.8, 4) is 0 Å². The summed E-state index contributed by atoms with van der Waals surface area (Å²) in [4.78, 5) is 2.38. The van der Waals surface area contributed by atoms with Gasteiger partial charge in [-0.1, -0.05) is 41.5 Å². The molecule has 0 bridgehead atoms. The first kappa shape index (κ1) is 13.9. The molecule has 0 radical (unpaired) electrons. The van der Waals surface area contributed by atoms with Crippen molar-refractivity contribution in [1.29, 1.82) is 0 Å². The minimum absolute atomic E-state index is 0.0729. The summed E-state index contributed by atoms with van der Waals surface area (Å²) in [5.41, 5.74) is 0.0407. The molecule has 0 rings (SSSR count). The Morgan fingerprint density at radius 3 is 1.50 bits per heavy atom. The van der Waals surface area contributed by atoms with Crippen molar-refractivity contribution >= 4 is 0 Å². The summed E-state index contributed by atoms with van der Waals surface area (Å²) in [6.45, 7) is 15.4. The second-order valence-corrected chi connectivity index (χ2v) is 4.97. The van der Waals surface area contributed by atoms with Gasteiger partial charge in [0.05, 0.1) is 6.61 Å². The van der Waals surface area contributed by atoms with Crippen LogP contribution in [0.3, 0.4) is 0 Å². The van der Waals surface area contributed by atoms with Gasteiger partial charge >= 0.3 is 0 Å². The van der Waals surface area contributed by atoms with E-state index in [-0.39, 0.29) is 17.6 Å². The van der Waals surface area contributed by atoms with Gasteiger partial charge in [-0.2, -0.15) is 0 Å². The van der Waals surface area contributed by atoms with Crippen LogP contribution >= 0.6 is 0 Å². The van der Waals surface area contributed by atoms with Crippen LogP contribution in [-0.4, -0.2) is 35.2 Å². The number of aliphatic hydroxyl groups is 1. The third-order valence-electron chi connectivity index (χ3n) is 3.61. The molecule has 14 heavy (non-hydrogen) atoms. The Labute approximate surface area is 89.3 Å². The Hall–Kier alpha value is -0.0800. The summed E-state index contributed by atoms with van der Waals surface area (Å²) < 4.78 is 0. The van der Waals surface area contributed by atoms with Gasteiger partial charge in [-0.3, -0.25) is 4.90 Å². The highest BCUT2D eigenvalue weighted by atomic mass is 16.3. The van der Waals surface area contributed by atoms with Gasteiger partial charge in [-0.15, -0.1) is 0 Å². The zero-order valence-electron chi connectivity index (χ0n) is 10.7. The average molecular weight is 201 g/mol. The van der Waals surface area contributed by atoms with E-state index in [0.29, 0.717) is 0 Å². The van der Waals surface area contributed by atoms with Gasteiger partial charge in [0, 0.05) is 5.54 Å². The van der Waals surface area contributed by atoms with Crippen LogP contribution in [0.4, 0.5) is 0 Å². The minimum Gasteiger partial charge on any atom is -0.394 e.